The van der Waals surface area contributed by atoms with Crippen LogP contribution in [0, 0.1) is 6.92 Å². The van der Waals surface area contributed by atoms with E-state index in [4.69, 9.17) is 9.72 Å². The molecule has 1 aromatic carbocycles. The monoisotopic (exact) mass is 418 g/mol. The molecule has 0 fully saturated rings. The van der Waals surface area contributed by atoms with Crippen molar-refractivity contribution in [2.75, 3.05) is 13.2 Å². The summed E-state index contributed by atoms with van der Waals surface area (Å²) in [7, 11) is 0. The van der Waals surface area contributed by atoms with E-state index in [0.29, 0.717) is 24.5 Å². The molecule has 0 aliphatic carbocycles. The van der Waals surface area contributed by atoms with Crippen molar-refractivity contribution >= 4 is 28.1 Å². The van der Waals surface area contributed by atoms with Gasteiger partial charge in [0, 0.05) is 29.1 Å². The third kappa shape index (κ3) is 3.20. The number of aryl methyl sites for hydroxylation is 1. The molecular formula is C23H22N4O2S. The van der Waals surface area contributed by atoms with E-state index in [0.717, 1.165) is 23.1 Å². The molecule has 1 unspecified atom stereocenters. The number of fused-ring (bicyclic) bond motifs is 2. The fourth-order valence-corrected chi connectivity index (χ4v) is 5.02. The number of carbonyl (C=O) groups is 1. The van der Waals surface area contributed by atoms with Crippen molar-refractivity contribution in [1.82, 2.24) is 19.9 Å². The van der Waals surface area contributed by atoms with Crippen molar-refractivity contribution in [3.05, 3.63) is 76.0 Å². The Bertz CT molecular complexity index is 1240. The Kier molecular flexibility index (Phi) is 4.64. The van der Waals surface area contributed by atoms with Crippen LogP contribution in [0.2, 0.25) is 0 Å². The van der Waals surface area contributed by atoms with E-state index in [1.165, 1.54) is 10.4 Å². The first kappa shape index (κ1) is 19.0. The number of para-hydroxylation sites is 1. The largest absolute Gasteiger partial charge is 0.368 e. The Hall–Kier alpha value is -3.03. The van der Waals surface area contributed by atoms with Gasteiger partial charge in [-0.2, -0.15) is 0 Å². The number of amides is 1. The Balaban J connectivity index is 1.49. The van der Waals surface area contributed by atoms with E-state index in [9.17, 15) is 4.79 Å². The van der Waals surface area contributed by atoms with Gasteiger partial charge in [-0.1, -0.05) is 18.2 Å². The number of imidazole rings is 1. The number of hydrogen-bond donors (Lipinski definition) is 1. The zero-order chi connectivity index (χ0) is 20.7. The number of hydrogen-bond acceptors (Lipinski definition) is 5. The Morgan fingerprint density at radius 2 is 2.20 bits per heavy atom. The van der Waals surface area contributed by atoms with Gasteiger partial charge in [0.2, 0.25) is 0 Å². The van der Waals surface area contributed by atoms with Crippen LogP contribution in [-0.2, 0) is 16.8 Å². The molecule has 3 aromatic heterocycles. The number of carbonyl (C=O) groups excluding carboxylic acids is 1. The summed E-state index contributed by atoms with van der Waals surface area (Å²) in [6.07, 6.45) is 4.51. The van der Waals surface area contributed by atoms with Crippen molar-refractivity contribution in [1.29, 1.82) is 0 Å². The molecule has 1 aliphatic heterocycles. The fourth-order valence-electron chi connectivity index (χ4n) is 4.04. The third-order valence-corrected chi connectivity index (χ3v) is 6.65. The first-order chi connectivity index (χ1) is 14.5. The number of rotatable bonds is 4. The minimum absolute atomic E-state index is 0.139. The zero-order valence-electron chi connectivity index (χ0n) is 16.9. The third-order valence-electron chi connectivity index (χ3n) is 5.67. The summed E-state index contributed by atoms with van der Waals surface area (Å²) in [5.74, 6) is 1.35. The summed E-state index contributed by atoms with van der Waals surface area (Å²) < 4.78 is 7.97. The molecule has 0 saturated carbocycles. The maximum Gasteiger partial charge on any atom is 0.252 e. The average Bonchev–Trinajstić information content (AvgIpc) is 3.41. The number of aromatic nitrogens is 3. The Morgan fingerprint density at radius 3 is 3.03 bits per heavy atom. The minimum atomic E-state index is -0.518. The first-order valence-electron chi connectivity index (χ1n) is 9.94. The molecule has 1 N–H and O–H groups in total. The summed E-state index contributed by atoms with van der Waals surface area (Å²) in [4.78, 5) is 23.6. The van der Waals surface area contributed by atoms with Crippen molar-refractivity contribution in [3.63, 3.8) is 0 Å². The highest BCUT2D eigenvalue weighted by Crippen LogP contribution is 2.35. The molecule has 5 rings (SSSR count). The lowest BCUT2D eigenvalue weighted by atomic mass is 9.93. The topological polar surface area (TPSA) is 69.0 Å². The molecular weight excluding hydrogens is 396 g/mol. The second-order valence-electron chi connectivity index (χ2n) is 7.66. The molecule has 1 amide bonds. The van der Waals surface area contributed by atoms with Gasteiger partial charge in [0.25, 0.3) is 5.91 Å². The Labute approximate surface area is 178 Å². The van der Waals surface area contributed by atoms with Gasteiger partial charge >= 0.3 is 0 Å². The smallest absolute Gasteiger partial charge is 0.252 e. The number of benzene rings is 1. The fraction of sp³-hybridized carbons (Fsp3) is 0.261. The molecule has 1 aliphatic rings. The van der Waals surface area contributed by atoms with Gasteiger partial charge in [-0.3, -0.25) is 9.36 Å². The molecule has 4 aromatic rings. The molecule has 0 saturated heterocycles. The van der Waals surface area contributed by atoms with Gasteiger partial charge in [0.05, 0.1) is 24.2 Å². The van der Waals surface area contributed by atoms with E-state index >= 15 is 0 Å². The number of thiophene rings is 1. The van der Waals surface area contributed by atoms with Crippen LogP contribution in [0.25, 0.3) is 16.7 Å². The standard InChI is InChI=1S/C23H22N4O2S/c1-15-24-9-10-27(15)21-13-17(16-5-3-4-6-19(16)26-21)22(28)25-14-23(2)18-8-12-30-20(18)7-11-29-23/h3-6,8-10,12-13H,7,11,14H2,1-2H3,(H,25,28). The van der Waals surface area contributed by atoms with Crippen molar-refractivity contribution in [2.24, 2.45) is 0 Å². The van der Waals surface area contributed by atoms with Gasteiger partial charge in [0.1, 0.15) is 17.2 Å². The zero-order valence-corrected chi connectivity index (χ0v) is 17.7. The molecule has 0 spiro atoms. The number of pyridine rings is 1. The molecule has 0 bridgehead atoms. The van der Waals surface area contributed by atoms with Crippen molar-refractivity contribution in [3.8, 4) is 5.82 Å². The summed E-state index contributed by atoms with van der Waals surface area (Å²) in [5, 5.41) is 6.02. The lowest BCUT2D eigenvalue weighted by Crippen LogP contribution is -2.43. The van der Waals surface area contributed by atoms with Gasteiger partial charge in [-0.05, 0) is 43.0 Å². The summed E-state index contributed by atoms with van der Waals surface area (Å²) in [6.45, 7) is 5.03. The van der Waals surface area contributed by atoms with Crippen LogP contribution >= 0.6 is 11.3 Å². The van der Waals surface area contributed by atoms with Crippen LogP contribution in [0.4, 0.5) is 0 Å². The minimum Gasteiger partial charge on any atom is -0.368 e. The number of nitrogens with zero attached hydrogens (tertiary/aromatic N) is 3. The Morgan fingerprint density at radius 1 is 1.33 bits per heavy atom. The maximum absolute atomic E-state index is 13.3. The molecule has 1 atom stereocenters. The molecule has 152 valence electrons. The van der Waals surface area contributed by atoms with Crippen LogP contribution in [0.5, 0.6) is 0 Å². The van der Waals surface area contributed by atoms with Gasteiger partial charge in [-0.25, -0.2) is 9.97 Å². The highest BCUT2D eigenvalue weighted by atomic mass is 32.1. The normalized spacial score (nSPS) is 18.3. The summed E-state index contributed by atoms with van der Waals surface area (Å²) in [6, 6.07) is 11.6. The van der Waals surface area contributed by atoms with E-state index in [1.807, 2.05) is 54.9 Å². The van der Waals surface area contributed by atoms with Gasteiger partial charge < -0.3 is 10.1 Å². The predicted octanol–water partition coefficient (Wildman–Crippen LogP) is 4.01. The second kappa shape index (κ2) is 7.34. The lowest BCUT2D eigenvalue weighted by Gasteiger charge is -2.34. The van der Waals surface area contributed by atoms with Gasteiger partial charge in [-0.15, -0.1) is 11.3 Å². The summed E-state index contributed by atoms with van der Waals surface area (Å²) in [5.41, 5.74) is 2.02. The SMILES string of the molecule is Cc1nccn1-c1cc(C(=O)NCC2(C)OCCc3sccc32)c2ccccc2n1. The lowest BCUT2D eigenvalue weighted by molar-refractivity contribution is -0.0425. The van der Waals surface area contributed by atoms with Crippen LogP contribution in [0.15, 0.2) is 54.2 Å². The first-order valence-corrected chi connectivity index (χ1v) is 10.8. The van der Waals surface area contributed by atoms with Crippen molar-refractivity contribution < 1.29 is 9.53 Å². The molecule has 30 heavy (non-hydrogen) atoms. The predicted molar refractivity (Wildman–Crippen MR) is 117 cm³/mol. The number of ether oxygens (including phenoxy) is 1. The molecule has 4 heterocycles. The van der Waals surface area contributed by atoms with Crippen LogP contribution in [0.3, 0.4) is 0 Å². The second-order valence-corrected chi connectivity index (χ2v) is 8.66. The van der Waals surface area contributed by atoms with Crippen LogP contribution in [-0.4, -0.2) is 33.6 Å². The highest BCUT2D eigenvalue weighted by Gasteiger charge is 2.34. The van der Waals surface area contributed by atoms with Gasteiger partial charge in [0.15, 0.2) is 0 Å². The van der Waals surface area contributed by atoms with E-state index < -0.39 is 5.60 Å². The average molecular weight is 419 g/mol. The maximum atomic E-state index is 13.3. The van der Waals surface area contributed by atoms with E-state index in [1.54, 1.807) is 17.5 Å². The molecule has 7 heteroatoms. The molecule has 6 nitrogen and oxygen atoms in total. The van der Waals surface area contributed by atoms with Crippen LogP contribution in [0.1, 0.15) is 33.5 Å². The highest BCUT2D eigenvalue weighted by molar-refractivity contribution is 7.10. The summed E-state index contributed by atoms with van der Waals surface area (Å²) >= 11 is 1.75. The number of nitrogens with one attached hydrogen (secondary N) is 1. The quantitative estimate of drug-likeness (QED) is 0.544. The van der Waals surface area contributed by atoms with Crippen molar-refractivity contribution in [2.45, 2.75) is 25.9 Å². The van der Waals surface area contributed by atoms with E-state index in [-0.39, 0.29) is 5.91 Å². The molecule has 0 radical (unpaired) electrons. The van der Waals surface area contributed by atoms with Crippen LogP contribution < -0.4 is 5.32 Å². The van der Waals surface area contributed by atoms with E-state index in [2.05, 4.69) is 21.7 Å².